The molecular formula is C24H30N2O2S. The molecule has 0 bridgehead atoms. The summed E-state index contributed by atoms with van der Waals surface area (Å²) in [6.45, 7) is 6.11. The van der Waals surface area contributed by atoms with Gasteiger partial charge in [0.2, 0.25) is 11.8 Å². The number of piperidine rings is 1. The van der Waals surface area contributed by atoms with E-state index in [0.29, 0.717) is 31.5 Å². The predicted octanol–water partition coefficient (Wildman–Crippen LogP) is 4.36. The summed E-state index contributed by atoms with van der Waals surface area (Å²) in [6.07, 6.45) is 3.19. The van der Waals surface area contributed by atoms with E-state index in [0.717, 1.165) is 25.7 Å². The molecule has 0 unspecified atom stereocenters. The highest BCUT2D eigenvalue weighted by Gasteiger charge is 2.46. The molecular weight excluding hydrogens is 380 g/mol. The lowest BCUT2D eigenvalue weighted by molar-refractivity contribution is -0.141. The van der Waals surface area contributed by atoms with Crippen molar-refractivity contribution in [2.24, 2.45) is 17.3 Å². The SMILES string of the molecule is CCNC(=O)C1(Cc2ccccc2-c2cccs2)CCN(C(=O)[C@H]2C[C@@H]2C)CC1. The first-order valence-corrected chi connectivity index (χ1v) is 11.6. The summed E-state index contributed by atoms with van der Waals surface area (Å²) in [5.74, 6) is 1.16. The van der Waals surface area contributed by atoms with E-state index in [1.165, 1.54) is 16.0 Å². The van der Waals surface area contributed by atoms with Crippen LogP contribution >= 0.6 is 11.3 Å². The van der Waals surface area contributed by atoms with Gasteiger partial charge in [0, 0.05) is 30.4 Å². The number of carbonyl (C=O) groups excluding carboxylic acids is 2. The van der Waals surface area contributed by atoms with Crippen molar-refractivity contribution in [3.63, 3.8) is 0 Å². The van der Waals surface area contributed by atoms with Crippen LogP contribution in [0.3, 0.4) is 0 Å². The van der Waals surface area contributed by atoms with Gasteiger partial charge in [0.05, 0.1) is 5.41 Å². The van der Waals surface area contributed by atoms with Gasteiger partial charge >= 0.3 is 0 Å². The minimum Gasteiger partial charge on any atom is -0.356 e. The molecule has 1 aromatic heterocycles. The molecule has 2 heterocycles. The largest absolute Gasteiger partial charge is 0.356 e. The van der Waals surface area contributed by atoms with E-state index in [9.17, 15) is 9.59 Å². The van der Waals surface area contributed by atoms with Crippen molar-refractivity contribution >= 4 is 23.2 Å². The van der Waals surface area contributed by atoms with Crippen LogP contribution in [-0.4, -0.2) is 36.3 Å². The van der Waals surface area contributed by atoms with E-state index in [-0.39, 0.29) is 11.8 Å². The molecule has 1 N–H and O–H groups in total. The quantitative estimate of drug-likeness (QED) is 0.769. The van der Waals surface area contributed by atoms with Gasteiger partial charge in [-0.1, -0.05) is 37.3 Å². The van der Waals surface area contributed by atoms with Gasteiger partial charge in [0.25, 0.3) is 0 Å². The fraction of sp³-hybridized carbons (Fsp3) is 0.500. The van der Waals surface area contributed by atoms with Crippen molar-refractivity contribution in [2.75, 3.05) is 19.6 Å². The maximum absolute atomic E-state index is 13.2. The first-order chi connectivity index (χ1) is 14.0. The number of nitrogens with one attached hydrogen (secondary N) is 1. The molecule has 4 rings (SSSR count). The highest BCUT2D eigenvalue weighted by Crippen LogP contribution is 2.43. The summed E-state index contributed by atoms with van der Waals surface area (Å²) >= 11 is 1.73. The first-order valence-electron chi connectivity index (χ1n) is 10.7. The Kier molecular flexibility index (Phi) is 5.77. The third kappa shape index (κ3) is 4.11. The smallest absolute Gasteiger partial charge is 0.226 e. The molecule has 5 heteroatoms. The number of amides is 2. The first kappa shape index (κ1) is 20.1. The number of nitrogens with zero attached hydrogens (tertiary/aromatic N) is 1. The predicted molar refractivity (Wildman–Crippen MR) is 118 cm³/mol. The van der Waals surface area contributed by atoms with Crippen LogP contribution in [-0.2, 0) is 16.0 Å². The standard InChI is InChI=1S/C24H30N2O2S/c1-3-25-23(28)24(10-12-26(13-11-24)22(27)20-15-17(20)2)16-18-7-4-5-8-19(18)21-9-6-14-29-21/h4-9,14,17,20H,3,10-13,15-16H2,1-2H3,(H,25,28)/t17-,20-/m0/s1. The maximum Gasteiger partial charge on any atom is 0.226 e. The van der Waals surface area contributed by atoms with Crippen molar-refractivity contribution in [3.8, 4) is 10.4 Å². The number of thiophene rings is 1. The molecule has 2 aliphatic rings. The molecule has 1 saturated heterocycles. The van der Waals surface area contributed by atoms with Gasteiger partial charge in [-0.25, -0.2) is 0 Å². The van der Waals surface area contributed by atoms with Gasteiger partial charge in [-0.05, 0) is 61.1 Å². The van der Waals surface area contributed by atoms with Crippen LogP contribution in [0.15, 0.2) is 41.8 Å². The fourth-order valence-electron chi connectivity index (χ4n) is 4.60. The second-order valence-electron chi connectivity index (χ2n) is 8.60. The Balaban J connectivity index is 1.56. The van der Waals surface area contributed by atoms with Crippen LogP contribution in [0.1, 0.15) is 38.7 Å². The average Bonchev–Trinajstić information content (AvgIpc) is 3.22. The summed E-state index contributed by atoms with van der Waals surface area (Å²) in [5.41, 5.74) is 1.99. The molecule has 1 saturated carbocycles. The molecule has 0 radical (unpaired) electrons. The minimum absolute atomic E-state index is 0.132. The summed E-state index contributed by atoms with van der Waals surface area (Å²) in [4.78, 5) is 29.1. The lowest BCUT2D eigenvalue weighted by atomic mass is 9.72. The molecule has 1 aliphatic heterocycles. The lowest BCUT2D eigenvalue weighted by Gasteiger charge is -2.41. The zero-order valence-electron chi connectivity index (χ0n) is 17.3. The van der Waals surface area contributed by atoms with Gasteiger partial charge < -0.3 is 10.2 Å². The zero-order chi connectivity index (χ0) is 20.4. The van der Waals surface area contributed by atoms with Crippen molar-refractivity contribution in [3.05, 3.63) is 47.3 Å². The normalized spacial score (nSPS) is 22.9. The Hall–Kier alpha value is -2.14. The summed E-state index contributed by atoms with van der Waals surface area (Å²) < 4.78 is 0. The van der Waals surface area contributed by atoms with Crippen LogP contribution < -0.4 is 5.32 Å². The summed E-state index contributed by atoms with van der Waals surface area (Å²) in [5, 5.41) is 5.17. The van der Waals surface area contributed by atoms with E-state index in [1.54, 1.807) is 11.3 Å². The Bertz CT molecular complexity index is 869. The van der Waals surface area contributed by atoms with E-state index in [4.69, 9.17) is 0 Å². The number of rotatable bonds is 6. The second kappa shape index (κ2) is 8.31. The van der Waals surface area contributed by atoms with Gasteiger partial charge in [-0.2, -0.15) is 0 Å². The van der Waals surface area contributed by atoms with Crippen LogP contribution in [0.2, 0.25) is 0 Å². The molecule has 0 spiro atoms. The zero-order valence-corrected chi connectivity index (χ0v) is 18.1. The molecule has 2 atom stereocenters. The number of likely N-dealkylation sites (tertiary alicyclic amines) is 1. The van der Waals surface area contributed by atoms with Crippen molar-refractivity contribution in [1.82, 2.24) is 10.2 Å². The Morgan fingerprint density at radius 2 is 1.90 bits per heavy atom. The second-order valence-corrected chi connectivity index (χ2v) is 9.54. The molecule has 1 aromatic carbocycles. The number of benzene rings is 1. The highest BCUT2D eigenvalue weighted by atomic mass is 32.1. The Morgan fingerprint density at radius 1 is 1.17 bits per heavy atom. The van der Waals surface area contributed by atoms with Gasteiger partial charge in [0.1, 0.15) is 0 Å². The Labute approximate surface area is 177 Å². The molecule has 2 fully saturated rings. The molecule has 2 amide bonds. The van der Waals surface area contributed by atoms with Crippen molar-refractivity contribution in [1.29, 1.82) is 0 Å². The third-order valence-electron chi connectivity index (χ3n) is 6.61. The Morgan fingerprint density at radius 3 is 2.52 bits per heavy atom. The molecule has 29 heavy (non-hydrogen) atoms. The van der Waals surface area contributed by atoms with Crippen LogP contribution in [0.25, 0.3) is 10.4 Å². The average molecular weight is 411 g/mol. The fourth-order valence-corrected chi connectivity index (χ4v) is 5.39. The highest BCUT2D eigenvalue weighted by molar-refractivity contribution is 7.13. The van der Waals surface area contributed by atoms with Crippen molar-refractivity contribution < 1.29 is 9.59 Å². The van der Waals surface area contributed by atoms with E-state index < -0.39 is 5.41 Å². The van der Waals surface area contributed by atoms with E-state index >= 15 is 0 Å². The monoisotopic (exact) mass is 410 g/mol. The van der Waals surface area contributed by atoms with Crippen LogP contribution in [0, 0.1) is 17.3 Å². The van der Waals surface area contributed by atoms with Gasteiger partial charge in [0.15, 0.2) is 0 Å². The maximum atomic E-state index is 13.2. The minimum atomic E-state index is -0.449. The molecule has 2 aromatic rings. The summed E-state index contributed by atoms with van der Waals surface area (Å²) in [6, 6.07) is 12.6. The lowest BCUT2D eigenvalue weighted by Crippen LogP contribution is -2.51. The number of hydrogen-bond donors (Lipinski definition) is 1. The number of hydrogen-bond acceptors (Lipinski definition) is 3. The third-order valence-corrected chi connectivity index (χ3v) is 7.51. The van der Waals surface area contributed by atoms with E-state index in [1.807, 2.05) is 11.8 Å². The van der Waals surface area contributed by atoms with E-state index in [2.05, 4.69) is 54.0 Å². The van der Waals surface area contributed by atoms with Gasteiger partial charge in [-0.3, -0.25) is 9.59 Å². The molecule has 1 aliphatic carbocycles. The van der Waals surface area contributed by atoms with Crippen molar-refractivity contribution in [2.45, 2.75) is 39.5 Å². The summed E-state index contributed by atoms with van der Waals surface area (Å²) in [7, 11) is 0. The molecule has 154 valence electrons. The van der Waals surface area contributed by atoms with Gasteiger partial charge in [-0.15, -0.1) is 11.3 Å². The topological polar surface area (TPSA) is 49.4 Å². The van der Waals surface area contributed by atoms with Crippen LogP contribution in [0.5, 0.6) is 0 Å². The number of carbonyl (C=O) groups is 2. The van der Waals surface area contributed by atoms with Crippen LogP contribution in [0.4, 0.5) is 0 Å². The molecule has 4 nitrogen and oxygen atoms in total.